The van der Waals surface area contributed by atoms with Crippen molar-refractivity contribution in [3.8, 4) is 0 Å². The second-order valence-corrected chi connectivity index (χ2v) is 5.22. The SMILES string of the molecule is CNC(CSc1ncnn1C)c1ccc(C)cc1. The molecular formula is C13H18N4S. The van der Waals surface area contributed by atoms with Crippen LogP contribution in [0.4, 0.5) is 0 Å². The first-order chi connectivity index (χ1) is 8.70. The van der Waals surface area contributed by atoms with Gasteiger partial charge in [-0.3, -0.25) is 0 Å². The van der Waals surface area contributed by atoms with Gasteiger partial charge in [0.2, 0.25) is 0 Å². The van der Waals surface area contributed by atoms with Crippen LogP contribution < -0.4 is 5.32 Å². The smallest absolute Gasteiger partial charge is 0.185 e. The van der Waals surface area contributed by atoms with Crippen LogP contribution >= 0.6 is 11.8 Å². The molecule has 0 saturated heterocycles. The van der Waals surface area contributed by atoms with Crippen LogP contribution in [0.15, 0.2) is 35.7 Å². The molecule has 0 radical (unpaired) electrons. The molecule has 1 aromatic carbocycles. The molecule has 2 rings (SSSR count). The van der Waals surface area contributed by atoms with Gasteiger partial charge in [-0.25, -0.2) is 9.67 Å². The second kappa shape index (κ2) is 6.02. The third-order valence-electron chi connectivity index (χ3n) is 2.88. The zero-order chi connectivity index (χ0) is 13.0. The van der Waals surface area contributed by atoms with Gasteiger partial charge in [0.05, 0.1) is 0 Å². The van der Waals surface area contributed by atoms with Gasteiger partial charge in [0, 0.05) is 18.8 Å². The van der Waals surface area contributed by atoms with Gasteiger partial charge in [-0.2, -0.15) is 5.10 Å². The van der Waals surface area contributed by atoms with Crippen LogP contribution in [0.5, 0.6) is 0 Å². The molecule has 1 atom stereocenters. The predicted octanol–water partition coefficient (Wildman–Crippen LogP) is 2.18. The summed E-state index contributed by atoms with van der Waals surface area (Å²) >= 11 is 1.71. The summed E-state index contributed by atoms with van der Waals surface area (Å²) in [5.74, 6) is 0.937. The summed E-state index contributed by atoms with van der Waals surface area (Å²) in [6, 6.07) is 8.97. The van der Waals surface area contributed by atoms with Crippen molar-refractivity contribution in [2.24, 2.45) is 7.05 Å². The van der Waals surface area contributed by atoms with Gasteiger partial charge in [0.1, 0.15) is 6.33 Å². The lowest BCUT2D eigenvalue weighted by atomic mass is 10.1. The zero-order valence-corrected chi connectivity index (χ0v) is 11.7. The molecule has 0 aliphatic heterocycles. The van der Waals surface area contributed by atoms with E-state index in [1.54, 1.807) is 22.8 Å². The van der Waals surface area contributed by atoms with Crippen LogP contribution in [0.25, 0.3) is 0 Å². The van der Waals surface area contributed by atoms with Crippen molar-refractivity contribution in [1.82, 2.24) is 20.1 Å². The van der Waals surface area contributed by atoms with E-state index in [0.717, 1.165) is 10.9 Å². The minimum atomic E-state index is 0.326. The summed E-state index contributed by atoms with van der Waals surface area (Å²) < 4.78 is 1.80. The zero-order valence-electron chi connectivity index (χ0n) is 10.9. The number of nitrogens with zero attached hydrogens (tertiary/aromatic N) is 3. The largest absolute Gasteiger partial charge is 0.312 e. The van der Waals surface area contributed by atoms with Gasteiger partial charge in [-0.05, 0) is 19.5 Å². The molecule has 18 heavy (non-hydrogen) atoms. The van der Waals surface area contributed by atoms with Gasteiger partial charge >= 0.3 is 0 Å². The monoisotopic (exact) mass is 262 g/mol. The Kier molecular flexibility index (Phi) is 4.38. The van der Waals surface area contributed by atoms with Crippen LogP contribution in [0.3, 0.4) is 0 Å². The first-order valence-corrected chi connectivity index (χ1v) is 6.90. The molecule has 0 bridgehead atoms. The maximum atomic E-state index is 4.22. The fourth-order valence-corrected chi connectivity index (χ4v) is 2.75. The lowest BCUT2D eigenvalue weighted by Gasteiger charge is -2.16. The van der Waals surface area contributed by atoms with E-state index in [1.807, 2.05) is 14.1 Å². The summed E-state index contributed by atoms with van der Waals surface area (Å²) in [4.78, 5) is 4.22. The van der Waals surface area contributed by atoms with E-state index in [9.17, 15) is 0 Å². The molecular weight excluding hydrogens is 244 g/mol. The molecule has 96 valence electrons. The molecule has 0 saturated carbocycles. The predicted molar refractivity (Wildman–Crippen MR) is 74.7 cm³/mol. The highest BCUT2D eigenvalue weighted by molar-refractivity contribution is 7.99. The number of rotatable bonds is 5. The minimum Gasteiger partial charge on any atom is -0.312 e. The molecule has 2 aromatic rings. The maximum absolute atomic E-state index is 4.22. The fraction of sp³-hybridized carbons (Fsp3) is 0.385. The average Bonchev–Trinajstić information content (AvgIpc) is 2.78. The molecule has 1 N–H and O–H groups in total. The quantitative estimate of drug-likeness (QED) is 0.839. The number of nitrogens with one attached hydrogen (secondary N) is 1. The third kappa shape index (κ3) is 3.11. The van der Waals surface area contributed by atoms with E-state index in [4.69, 9.17) is 0 Å². The van der Waals surface area contributed by atoms with Crippen molar-refractivity contribution in [2.75, 3.05) is 12.8 Å². The normalized spacial score (nSPS) is 12.6. The Morgan fingerprint density at radius 2 is 2.06 bits per heavy atom. The highest BCUT2D eigenvalue weighted by atomic mass is 32.2. The molecule has 1 aromatic heterocycles. The Morgan fingerprint density at radius 1 is 1.33 bits per heavy atom. The van der Waals surface area contributed by atoms with Gasteiger partial charge in [-0.1, -0.05) is 41.6 Å². The lowest BCUT2D eigenvalue weighted by molar-refractivity contribution is 0.653. The second-order valence-electron chi connectivity index (χ2n) is 4.23. The number of thioether (sulfide) groups is 1. The lowest BCUT2D eigenvalue weighted by Crippen LogP contribution is -2.18. The van der Waals surface area contributed by atoms with E-state index < -0.39 is 0 Å². The van der Waals surface area contributed by atoms with Gasteiger partial charge in [-0.15, -0.1) is 0 Å². The highest BCUT2D eigenvalue weighted by Gasteiger charge is 2.11. The number of hydrogen-bond acceptors (Lipinski definition) is 4. The minimum absolute atomic E-state index is 0.326. The van der Waals surface area contributed by atoms with Crippen molar-refractivity contribution in [2.45, 2.75) is 18.1 Å². The average molecular weight is 262 g/mol. The van der Waals surface area contributed by atoms with E-state index in [-0.39, 0.29) is 0 Å². The fourth-order valence-electron chi connectivity index (χ4n) is 1.72. The van der Waals surface area contributed by atoms with Crippen LogP contribution in [0, 0.1) is 6.92 Å². The number of benzene rings is 1. The standard InChI is InChI=1S/C13H18N4S/c1-10-4-6-11(7-5-10)12(14-2)8-18-13-15-9-16-17(13)3/h4-7,9,12,14H,8H2,1-3H3. The van der Waals surface area contributed by atoms with E-state index in [1.165, 1.54) is 11.1 Å². The van der Waals surface area contributed by atoms with Crippen LogP contribution in [0.1, 0.15) is 17.2 Å². The number of aryl methyl sites for hydroxylation is 2. The van der Waals surface area contributed by atoms with E-state index in [0.29, 0.717) is 6.04 Å². The highest BCUT2D eigenvalue weighted by Crippen LogP contribution is 2.22. The van der Waals surface area contributed by atoms with Crippen LogP contribution in [0.2, 0.25) is 0 Å². The Balaban J connectivity index is 2.01. The molecule has 4 nitrogen and oxygen atoms in total. The van der Waals surface area contributed by atoms with Crippen molar-refractivity contribution >= 4 is 11.8 Å². The first-order valence-electron chi connectivity index (χ1n) is 5.91. The van der Waals surface area contributed by atoms with Crippen molar-refractivity contribution in [3.05, 3.63) is 41.7 Å². The molecule has 0 aliphatic rings. The summed E-state index contributed by atoms with van der Waals surface area (Å²) in [5, 5.41) is 8.36. The molecule has 0 amide bonds. The van der Waals surface area contributed by atoms with E-state index in [2.05, 4.69) is 46.6 Å². The summed E-state index contributed by atoms with van der Waals surface area (Å²) in [5.41, 5.74) is 2.59. The summed E-state index contributed by atoms with van der Waals surface area (Å²) in [6.45, 7) is 2.10. The van der Waals surface area contributed by atoms with E-state index >= 15 is 0 Å². The van der Waals surface area contributed by atoms with Crippen molar-refractivity contribution < 1.29 is 0 Å². The topological polar surface area (TPSA) is 42.7 Å². The van der Waals surface area contributed by atoms with Crippen molar-refractivity contribution in [3.63, 3.8) is 0 Å². The van der Waals surface area contributed by atoms with Crippen LogP contribution in [-0.2, 0) is 7.05 Å². The molecule has 1 heterocycles. The summed E-state index contributed by atoms with van der Waals surface area (Å²) in [6.07, 6.45) is 1.59. The maximum Gasteiger partial charge on any atom is 0.185 e. The number of aromatic nitrogens is 3. The molecule has 1 unspecified atom stereocenters. The Labute approximate surface area is 112 Å². The molecule has 5 heteroatoms. The molecule has 0 spiro atoms. The van der Waals surface area contributed by atoms with Gasteiger partial charge in [0.15, 0.2) is 5.16 Å². The van der Waals surface area contributed by atoms with Gasteiger partial charge < -0.3 is 5.32 Å². The molecule has 0 fully saturated rings. The van der Waals surface area contributed by atoms with Crippen molar-refractivity contribution in [1.29, 1.82) is 0 Å². The Hall–Kier alpha value is -1.33. The summed E-state index contributed by atoms with van der Waals surface area (Å²) in [7, 11) is 3.90. The number of hydrogen-bond donors (Lipinski definition) is 1. The Bertz CT molecular complexity index is 492. The Morgan fingerprint density at radius 3 is 2.61 bits per heavy atom. The molecule has 0 aliphatic carbocycles. The van der Waals surface area contributed by atoms with Gasteiger partial charge in [0.25, 0.3) is 0 Å². The first kappa shape index (κ1) is 13.1. The van der Waals surface area contributed by atoms with Crippen LogP contribution in [-0.4, -0.2) is 27.6 Å². The third-order valence-corrected chi connectivity index (χ3v) is 4.00.